The monoisotopic (exact) mass is 315 g/mol. The lowest BCUT2D eigenvalue weighted by molar-refractivity contribution is -0.140. The van der Waals surface area contributed by atoms with Crippen LogP contribution in [0.15, 0.2) is 29.2 Å². The second kappa shape index (κ2) is 7.02. The fourth-order valence-electron chi connectivity index (χ4n) is 1.80. The van der Waals surface area contributed by atoms with E-state index in [0.717, 1.165) is 12.0 Å². The minimum Gasteiger partial charge on any atom is -0.481 e. The fourth-order valence-corrected chi connectivity index (χ4v) is 3.00. The predicted octanol–water partition coefficient (Wildman–Crippen LogP) is 1.00. The molecule has 0 bridgehead atoms. The molecule has 1 aromatic carbocycles. The van der Waals surface area contributed by atoms with Crippen LogP contribution in [-0.4, -0.2) is 37.8 Å². The first-order chi connectivity index (χ1) is 9.72. The van der Waals surface area contributed by atoms with E-state index in [9.17, 15) is 18.3 Å². The molecule has 0 aliphatic carbocycles. The maximum absolute atomic E-state index is 12.1. The van der Waals surface area contributed by atoms with E-state index in [-0.39, 0.29) is 17.9 Å². The van der Waals surface area contributed by atoms with E-state index in [1.165, 1.54) is 19.1 Å². The van der Waals surface area contributed by atoms with E-state index >= 15 is 0 Å². The van der Waals surface area contributed by atoms with Gasteiger partial charge >= 0.3 is 5.97 Å². The molecule has 1 rings (SSSR count). The van der Waals surface area contributed by atoms with Crippen LogP contribution in [0.1, 0.15) is 25.8 Å². The van der Waals surface area contributed by atoms with Gasteiger partial charge in [0, 0.05) is 12.0 Å². The van der Waals surface area contributed by atoms with Gasteiger partial charge in [0.25, 0.3) is 0 Å². The Hall–Kier alpha value is -1.44. The van der Waals surface area contributed by atoms with E-state index in [1.807, 2.05) is 6.92 Å². The van der Waals surface area contributed by atoms with Crippen LogP contribution in [0.2, 0.25) is 0 Å². The van der Waals surface area contributed by atoms with Gasteiger partial charge in [-0.25, -0.2) is 13.1 Å². The summed E-state index contributed by atoms with van der Waals surface area (Å²) in [6.45, 7) is 2.93. The third-order valence-corrected chi connectivity index (χ3v) is 4.71. The van der Waals surface area contributed by atoms with Crippen molar-refractivity contribution in [1.82, 2.24) is 4.72 Å². The first-order valence-corrected chi connectivity index (χ1v) is 8.12. The number of hydrogen-bond donors (Lipinski definition) is 3. The average Bonchev–Trinajstić information content (AvgIpc) is 2.45. The summed E-state index contributed by atoms with van der Waals surface area (Å²) in [6, 6.07) is 6.48. The van der Waals surface area contributed by atoms with Crippen LogP contribution < -0.4 is 4.72 Å². The summed E-state index contributed by atoms with van der Waals surface area (Å²) < 4.78 is 26.6. The Labute approximate surface area is 124 Å². The van der Waals surface area contributed by atoms with Crippen LogP contribution in [0.3, 0.4) is 0 Å². The quantitative estimate of drug-likeness (QED) is 0.664. The molecule has 0 radical (unpaired) electrons. The first kappa shape index (κ1) is 17.6. The smallest absolute Gasteiger partial charge is 0.304 e. The molecule has 1 aromatic rings. The summed E-state index contributed by atoms with van der Waals surface area (Å²) in [6.07, 6.45) is 0.496. The maximum atomic E-state index is 12.1. The normalized spacial score (nSPS) is 14.6. The van der Waals surface area contributed by atoms with Gasteiger partial charge in [0.15, 0.2) is 0 Å². The van der Waals surface area contributed by atoms with Crippen molar-refractivity contribution in [2.24, 2.45) is 5.41 Å². The minimum atomic E-state index is -3.72. The molecule has 0 amide bonds. The van der Waals surface area contributed by atoms with Crippen molar-refractivity contribution in [2.45, 2.75) is 31.6 Å². The molecule has 0 spiro atoms. The van der Waals surface area contributed by atoms with Crippen LogP contribution in [0.5, 0.6) is 0 Å². The van der Waals surface area contributed by atoms with Gasteiger partial charge < -0.3 is 10.2 Å². The van der Waals surface area contributed by atoms with E-state index < -0.39 is 28.0 Å². The number of rotatable bonds is 8. The molecule has 0 aromatic heterocycles. The van der Waals surface area contributed by atoms with Gasteiger partial charge in [-0.3, -0.25) is 4.79 Å². The van der Waals surface area contributed by atoms with Crippen molar-refractivity contribution < 1.29 is 23.4 Å². The molecule has 0 aliphatic heterocycles. The fraction of sp³-hybridized carbons (Fsp3) is 0.500. The molecule has 6 nitrogen and oxygen atoms in total. The molecule has 0 saturated heterocycles. The Morgan fingerprint density at radius 2 is 1.86 bits per heavy atom. The van der Waals surface area contributed by atoms with Crippen LogP contribution in [0, 0.1) is 5.41 Å². The number of aliphatic hydroxyl groups is 1. The zero-order valence-corrected chi connectivity index (χ0v) is 13.0. The molecule has 0 heterocycles. The van der Waals surface area contributed by atoms with E-state index in [2.05, 4.69) is 4.72 Å². The molecule has 7 heteroatoms. The second-order valence-electron chi connectivity index (χ2n) is 5.36. The zero-order valence-electron chi connectivity index (χ0n) is 12.2. The number of carboxylic acid groups (broad SMARTS) is 1. The largest absolute Gasteiger partial charge is 0.481 e. The number of carboxylic acids is 1. The first-order valence-electron chi connectivity index (χ1n) is 6.64. The van der Waals surface area contributed by atoms with Gasteiger partial charge in [-0.05, 0) is 24.1 Å². The Balaban J connectivity index is 2.82. The van der Waals surface area contributed by atoms with Crippen LogP contribution in [0.25, 0.3) is 0 Å². The van der Waals surface area contributed by atoms with Crippen molar-refractivity contribution in [3.63, 3.8) is 0 Å². The maximum Gasteiger partial charge on any atom is 0.304 e. The Bertz CT molecular complexity index is 582. The van der Waals surface area contributed by atoms with Gasteiger partial charge in [0.2, 0.25) is 10.0 Å². The van der Waals surface area contributed by atoms with Gasteiger partial charge in [0.05, 0.1) is 17.9 Å². The average molecular weight is 315 g/mol. The number of aliphatic hydroxyl groups excluding tert-OH is 1. The van der Waals surface area contributed by atoms with Crippen LogP contribution in [0.4, 0.5) is 0 Å². The number of carbonyl (C=O) groups is 1. The number of hydrogen-bond acceptors (Lipinski definition) is 4. The van der Waals surface area contributed by atoms with Crippen LogP contribution in [-0.2, 0) is 21.2 Å². The van der Waals surface area contributed by atoms with E-state index in [0.29, 0.717) is 0 Å². The summed E-state index contributed by atoms with van der Waals surface area (Å²) in [5.41, 5.74) is -0.0116. The predicted molar refractivity (Wildman–Crippen MR) is 78.5 cm³/mol. The standard InChI is InChI=1S/C14H21NO5S/c1-3-11-4-6-12(7-5-11)21(19,20)15-9-14(2,10-16)8-13(17)18/h4-7,15-16H,3,8-10H2,1-2H3,(H,17,18). The highest BCUT2D eigenvalue weighted by Crippen LogP contribution is 2.20. The summed E-state index contributed by atoms with van der Waals surface area (Å²) >= 11 is 0. The lowest BCUT2D eigenvalue weighted by atomic mass is 9.88. The lowest BCUT2D eigenvalue weighted by Gasteiger charge is -2.25. The van der Waals surface area contributed by atoms with E-state index in [1.54, 1.807) is 12.1 Å². The van der Waals surface area contributed by atoms with Crippen molar-refractivity contribution in [2.75, 3.05) is 13.2 Å². The van der Waals surface area contributed by atoms with Crippen molar-refractivity contribution in [3.05, 3.63) is 29.8 Å². The summed E-state index contributed by atoms with van der Waals surface area (Å²) in [4.78, 5) is 10.9. The molecular formula is C14H21NO5S. The highest BCUT2D eigenvalue weighted by molar-refractivity contribution is 7.89. The third-order valence-electron chi connectivity index (χ3n) is 3.29. The number of sulfonamides is 1. The Morgan fingerprint density at radius 3 is 2.29 bits per heavy atom. The Kier molecular flexibility index (Phi) is 5.88. The number of aliphatic carboxylic acids is 1. The second-order valence-corrected chi connectivity index (χ2v) is 7.13. The van der Waals surface area contributed by atoms with Crippen molar-refractivity contribution in [3.8, 4) is 0 Å². The molecule has 1 atom stereocenters. The number of nitrogens with one attached hydrogen (secondary N) is 1. The highest BCUT2D eigenvalue weighted by Gasteiger charge is 2.29. The van der Waals surface area contributed by atoms with Crippen molar-refractivity contribution in [1.29, 1.82) is 0 Å². The molecule has 21 heavy (non-hydrogen) atoms. The highest BCUT2D eigenvalue weighted by atomic mass is 32.2. The topological polar surface area (TPSA) is 104 Å². The van der Waals surface area contributed by atoms with Gasteiger partial charge in [-0.1, -0.05) is 26.0 Å². The molecule has 0 aliphatic rings. The number of aryl methyl sites for hydroxylation is 1. The third kappa shape index (κ3) is 5.11. The molecule has 1 unspecified atom stereocenters. The van der Waals surface area contributed by atoms with Crippen LogP contribution >= 0.6 is 0 Å². The zero-order chi connectivity index (χ0) is 16.1. The van der Waals surface area contributed by atoms with Gasteiger partial charge in [0.1, 0.15) is 0 Å². The molecule has 0 fully saturated rings. The van der Waals surface area contributed by atoms with Crippen molar-refractivity contribution >= 4 is 16.0 Å². The molecule has 3 N–H and O–H groups in total. The van der Waals surface area contributed by atoms with Gasteiger partial charge in [-0.15, -0.1) is 0 Å². The SMILES string of the molecule is CCc1ccc(S(=O)(=O)NCC(C)(CO)CC(=O)O)cc1. The Morgan fingerprint density at radius 1 is 1.29 bits per heavy atom. The molecular weight excluding hydrogens is 294 g/mol. The number of benzene rings is 1. The van der Waals surface area contributed by atoms with E-state index in [4.69, 9.17) is 5.11 Å². The summed E-state index contributed by atoms with van der Waals surface area (Å²) in [5, 5.41) is 18.1. The summed E-state index contributed by atoms with van der Waals surface area (Å²) in [5.74, 6) is -1.09. The van der Waals surface area contributed by atoms with Gasteiger partial charge in [-0.2, -0.15) is 0 Å². The summed E-state index contributed by atoms with van der Waals surface area (Å²) in [7, 11) is -3.72. The lowest BCUT2D eigenvalue weighted by Crippen LogP contribution is -2.39. The molecule has 118 valence electrons. The molecule has 0 saturated carbocycles. The minimum absolute atomic E-state index is 0.121.